The maximum absolute atomic E-state index is 13.1. The minimum Gasteiger partial charge on any atom is -0.298 e. The Morgan fingerprint density at radius 2 is 1.58 bits per heavy atom. The number of benzene rings is 3. The topological polar surface area (TPSA) is 88.2 Å². The predicted octanol–water partition coefficient (Wildman–Crippen LogP) is 5.00. The number of para-hydroxylation sites is 1. The van der Waals surface area contributed by atoms with Crippen LogP contribution in [0.2, 0.25) is 0 Å². The van der Waals surface area contributed by atoms with Gasteiger partial charge < -0.3 is 0 Å². The molecular weight excluding hydrogens is 437 g/mol. The standard InChI is InChI=1S/C22H16FN3O3S2/c23-16-12-10-15(11-13-16)20-14-30-22(24-20)25-21(27)18-8-4-5-9-19(18)26-31(28,29)17-6-2-1-3-7-17/h1-14,26H,(H,24,25,27). The van der Waals surface area contributed by atoms with Gasteiger partial charge in [-0.15, -0.1) is 11.3 Å². The number of aromatic nitrogens is 1. The van der Waals surface area contributed by atoms with E-state index < -0.39 is 15.9 Å². The first kappa shape index (κ1) is 20.7. The Morgan fingerprint density at radius 1 is 0.903 bits per heavy atom. The van der Waals surface area contributed by atoms with Gasteiger partial charge in [0.25, 0.3) is 15.9 Å². The molecule has 2 N–H and O–H groups in total. The summed E-state index contributed by atoms with van der Waals surface area (Å²) in [5.74, 6) is -0.853. The normalized spacial score (nSPS) is 11.1. The number of nitrogens with one attached hydrogen (secondary N) is 2. The van der Waals surface area contributed by atoms with Crippen LogP contribution in [-0.2, 0) is 10.0 Å². The molecule has 156 valence electrons. The first-order chi connectivity index (χ1) is 14.9. The van der Waals surface area contributed by atoms with E-state index in [1.165, 1.54) is 47.7 Å². The first-order valence-corrected chi connectivity index (χ1v) is 11.5. The highest BCUT2D eigenvalue weighted by atomic mass is 32.2. The number of hydrogen-bond donors (Lipinski definition) is 2. The van der Waals surface area contributed by atoms with Gasteiger partial charge in [-0.25, -0.2) is 17.8 Å². The molecule has 0 aliphatic rings. The molecule has 31 heavy (non-hydrogen) atoms. The monoisotopic (exact) mass is 453 g/mol. The fourth-order valence-corrected chi connectivity index (χ4v) is 4.64. The largest absolute Gasteiger partial charge is 0.298 e. The van der Waals surface area contributed by atoms with Gasteiger partial charge in [0.1, 0.15) is 5.82 Å². The van der Waals surface area contributed by atoms with Crippen molar-refractivity contribution >= 4 is 38.1 Å². The molecule has 6 nitrogen and oxygen atoms in total. The average molecular weight is 454 g/mol. The number of halogens is 1. The van der Waals surface area contributed by atoms with Gasteiger partial charge in [-0.3, -0.25) is 14.8 Å². The lowest BCUT2D eigenvalue weighted by Crippen LogP contribution is -2.18. The Kier molecular flexibility index (Phi) is 5.79. The highest BCUT2D eigenvalue weighted by Gasteiger charge is 2.19. The molecule has 0 bridgehead atoms. The van der Waals surface area contributed by atoms with Crippen LogP contribution in [0.5, 0.6) is 0 Å². The van der Waals surface area contributed by atoms with Crippen molar-refractivity contribution in [1.82, 2.24) is 4.98 Å². The first-order valence-electron chi connectivity index (χ1n) is 9.12. The Morgan fingerprint density at radius 3 is 2.32 bits per heavy atom. The second kappa shape index (κ2) is 8.66. The molecule has 4 aromatic rings. The highest BCUT2D eigenvalue weighted by molar-refractivity contribution is 7.92. The van der Waals surface area contributed by atoms with Crippen molar-refractivity contribution in [2.45, 2.75) is 4.90 Å². The smallest absolute Gasteiger partial charge is 0.261 e. The van der Waals surface area contributed by atoms with Crippen LogP contribution in [0.1, 0.15) is 10.4 Å². The van der Waals surface area contributed by atoms with E-state index in [-0.39, 0.29) is 22.0 Å². The molecule has 0 saturated heterocycles. The van der Waals surface area contributed by atoms with Crippen molar-refractivity contribution in [3.63, 3.8) is 0 Å². The summed E-state index contributed by atoms with van der Waals surface area (Å²) in [5, 5.41) is 4.77. The zero-order chi connectivity index (χ0) is 21.8. The minimum absolute atomic E-state index is 0.0917. The van der Waals surface area contributed by atoms with E-state index in [4.69, 9.17) is 0 Å². The molecule has 0 spiro atoms. The van der Waals surface area contributed by atoms with E-state index in [1.54, 1.807) is 47.8 Å². The number of thiazole rings is 1. The molecule has 4 rings (SSSR count). The van der Waals surface area contributed by atoms with Crippen LogP contribution in [0.25, 0.3) is 11.3 Å². The third-order valence-corrected chi connectivity index (χ3v) is 6.47. The van der Waals surface area contributed by atoms with Crippen LogP contribution >= 0.6 is 11.3 Å². The molecule has 1 amide bonds. The maximum Gasteiger partial charge on any atom is 0.261 e. The third-order valence-electron chi connectivity index (χ3n) is 4.33. The second-order valence-corrected chi connectivity index (χ2v) is 9.00. The summed E-state index contributed by atoms with van der Waals surface area (Å²) >= 11 is 1.21. The second-order valence-electron chi connectivity index (χ2n) is 6.46. The van der Waals surface area contributed by atoms with Crippen LogP contribution in [0, 0.1) is 5.82 Å². The predicted molar refractivity (Wildman–Crippen MR) is 119 cm³/mol. The lowest BCUT2D eigenvalue weighted by Gasteiger charge is -2.12. The SMILES string of the molecule is O=C(Nc1nc(-c2ccc(F)cc2)cs1)c1ccccc1NS(=O)(=O)c1ccccc1. The summed E-state index contributed by atoms with van der Waals surface area (Å²) in [4.78, 5) is 17.3. The molecule has 3 aromatic carbocycles. The number of carbonyl (C=O) groups excluding carboxylic acids is 1. The summed E-state index contributed by atoms with van der Waals surface area (Å²) in [6.07, 6.45) is 0. The van der Waals surface area contributed by atoms with E-state index in [1.807, 2.05) is 0 Å². The number of nitrogens with zero attached hydrogens (tertiary/aromatic N) is 1. The van der Waals surface area contributed by atoms with Crippen LogP contribution in [0.4, 0.5) is 15.2 Å². The molecule has 0 aliphatic carbocycles. The number of anilines is 2. The molecule has 0 fully saturated rings. The molecular formula is C22H16FN3O3S2. The van der Waals surface area contributed by atoms with Crippen molar-refractivity contribution in [1.29, 1.82) is 0 Å². The lowest BCUT2D eigenvalue weighted by atomic mass is 10.2. The summed E-state index contributed by atoms with van der Waals surface area (Å²) in [6, 6.07) is 20.1. The summed E-state index contributed by atoms with van der Waals surface area (Å²) in [7, 11) is -3.85. The number of carbonyl (C=O) groups is 1. The van der Waals surface area contributed by atoms with Gasteiger partial charge in [-0.2, -0.15) is 0 Å². The van der Waals surface area contributed by atoms with E-state index in [0.717, 1.165) is 0 Å². The molecule has 0 unspecified atom stereocenters. The van der Waals surface area contributed by atoms with Gasteiger partial charge in [0, 0.05) is 10.9 Å². The Bertz CT molecular complexity index is 1320. The molecule has 1 aromatic heterocycles. The van der Waals surface area contributed by atoms with Crippen molar-refractivity contribution in [2.24, 2.45) is 0 Å². The number of sulfonamides is 1. The third kappa shape index (κ3) is 4.79. The van der Waals surface area contributed by atoms with Gasteiger partial charge >= 0.3 is 0 Å². The van der Waals surface area contributed by atoms with Crippen LogP contribution in [0.15, 0.2) is 89.1 Å². The lowest BCUT2D eigenvalue weighted by molar-refractivity contribution is 0.102. The number of amides is 1. The summed E-state index contributed by atoms with van der Waals surface area (Å²) in [5.41, 5.74) is 1.62. The minimum atomic E-state index is -3.85. The Labute approximate surface area is 182 Å². The summed E-state index contributed by atoms with van der Waals surface area (Å²) in [6.45, 7) is 0. The van der Waals surface area contributed by atoms with Gasteiger partial charge in [-0.1, -0.05) is 30.3 Å². The fourth-order valence-electron chi connectivity index (χ4n) is 2.82. The van der Waals surface area contributed by atoms with Gasteiger partial charge in [0.2, 0.25) is 0 Å². The average Bonchev–Trinajstić information content (AvgIpc) is 3.23. The van der Waals surface area contributed by atoms with Crippen molar-refractivity contribution in [2.75, 3.05) is 10.0 Å². The number of rotatable bonds is 6. The Balaban J connectivity index is 1.54. The van der Waals surface area contributed by atoms with E-state index in [9.17, 15) is 17.6 Å². The van der Waals surface area contributed by atoms with Gasteiger partial charge in [0.15, 0.2) is 5.13 Å². The maximum atomic E-state index is 13.1. The fraction of sp³-hybridized carbons (Fsp3) is 0. The molecule has 9 heteroatoms. The quantitative estimate of drug-likeness (QED) is 0.430. The molecule has 0 saturated carbocycles. The van der Waals surface area contributed by atoms with Crippen LogP contribution in [0.3, 0.4) is 0 Å². The highest BCUT2D eigenvalue weighted by Crippen LogP contribution is 2.26. The van der Waals surface area contributed by atoms with E-state index in [0.29, 0.717) is 16.4 Å². The van der Waals surface area contributed by atoms with Crippen molar-refractivity contribution in [3.05, 3.63) is 95.6 Å². The molecule has 1 heterocycles. The molecule has 0 atom stereocenters. The Hall–Kier alpha value is -3.56. The van der Waals surface area contributed by atoms with Crippen molar-refractivity contribution in [3.8, 4) is 11.3 Å². The van der Waals surface area contributed by atoms with Gasteiger partial charge in [-0.05, 0) is 48.5 Å². The zero-order valence-corrected chi connectivity index (χ0v) is 17.6. The van der Waals surface area contributed by atoms with Crippen molar-refractivity contribution < 1.29 is 17.6 Å². The number of hydrogen-bond acceptors (Lipinski definition) is 5. The molecule has 0 aliphatic heterocycles. The van der Waals surface area contributed by atoms with E-state index in [2.05, 4.69) is 15.0 Å². The molecule has 0 radical (unpaired) electrons. The zero-order valence-electron chi connectivity index (χ0n) is 15.9. The van der Waals surface area contributed by atoms with Gasteiger partial charge in [0.05, 0.1) is 21.8 Å². The van der Waals surface area contributed by atoms with Crippen LogP contribution in [-0.4, -0.2) is 19.3 Å². The van der Waals surface area contributed by atoms with Crippen LogP contribution < -0.4 is 10.0 Å². The summed E-state index contributed by atoms with van der Waals surface area (Å²) < 4.78 is 40.9. The van der Waals surface area contributed by atoms with E-state index >= 15 is 0 Å².